The predicted octanol–water partition coefficient (Wildman–Crippen LogP) is 2.28. The monoisotopic (exact) mass is 392 g/mol. The summed E-state index contributed by atoms with van der Waals surface area (Å²) < 4.78 is 9.94. The molecule has 27 heavy (non-hydrogen) atoms. The Labute approximate surface area is 159 Å². The van der Waals surface area contributed by atoms with Crippen molar-refractivity contribution in [1.82, 2.24) is 4.98 Å². The molecule has 0 spiro atoms. The van der Waals surface area contributed by atoms with Crippen LogP contribution in [0.3, 0.4) is 0 Å². The largest absolute Gasteiger partial charge is 0.462 e. The lowest BCUT2D eigenvalue weighted by Crippen LogP contribution is -2.24. The van der Waals surface area contributed by atoms with Gasteiger partial charge in [-0.2, -0.15) is 0 Å². The molecule has 0 radical (unpaired) electrons. The highest BCUT2D eigenvalue weighted by Crippen LogP contribution is 2.34. The van der Waals surface area contributed by atoms with Gasteiger partial charge in [-0.3, -0.25) is 9.59 Å². The molecule has 2 aromatic rings. The van der Waals surface area contributed by atoms with Crippen LogP contribution in [-0.4, -0.2) is 36.0 Å². The number of aromatic amines is 1. The highest BCUT2D eigenvalue weighted by Gasteiger charge is 2.24. The van der Waals surface area contributed by atoms with Crippen LogP contribution in [-0.2, 0) is 20.7 Å². The second-order valence-corrected chi connectivity index (χ2v) is 6.68. The quantitative estimate of drug-likeness (QED) is 0.699. The number of carbonyl (C=O) groups excluding carboxylic acids is 3. The van der Waals surface area contributed by atoms with E-state index in [4.69, 9.17) is 9.47 Å². The topological polar surface area (TPSA) is 115 Å². The van der Waals surface area contributed by atoms with Crippen LogP contribution in [0.2, 0.25) is 0 Å². The van der Waals surface area contributed by atoms with Crippen molar-refractivity contribution in [3.05, 3.63) is 50.3 Å². The maximum Gasteiger partial charge on any atom is 0.344 e. The molecule has 2 aromatic heterocycles. The number of rotatable bonds is 7. The first-order valence-corrected chi connectivity index (χ1v) is 9.14. The summed E-state index contributed by atoms with van der Waals surface area (Å²) in [5.74, 6) is -2.04. The average Bonchev–Trinajstić information content (AvgIpc) is 2.95. The molecule has 1 amide bonds. The number of carbonyl (C=O) groups is 3. The summed E-state index contributed by atoms with van der Waals surface area (Å²) in [5, 5.41) is 2.93. The first kappa shape index (κ1) is 20.4. The van der Waals surface area contributed by atoms with Crippen LogP contribution in [0.4, 0.5) is 5.00 Å². The molecule has 0 atom stereocenters. The molecule has 2 N–H and O–H groups in total. The van der Waals surface area contributed by atoms with Crippen LogP contribution in [0.25, 0.3) is 0 Å². The van der Waals surface area contributed by atoms with E-state index < -0.39 is 30.0 Å². The van der Waals surface area contributed by atoms with E-state index in [1.807, 2.05) is 13.8 Å². The van der Waals surface area contributed by atoms with E-state index in [9.17, 15) is 19.2 Å². The summed E-state index contributed by atoms with van der Waals surface area (Å²) in [6.07, 6.45) is 1.99. The van der Waals surface area contributed by atoms with Crippen molar-refractivity contribution in [2.24, 2.45) is 0 Å². The SMILES string of the molecule is CCOC(=O)c1c(NC(=O)COC(=O)c2ccc[nH]c2=O)sc(C)c1CC. The number of amides is 1. The van der Waals surface area contributed by atoms with Gasteiger partial charge in [0, 0.05) is 11.1 Å². The lowest BCUT2D eigenvalue weighted by molar-refractivity contribution is -0.119. The highest BCUT2D eigenvalue weighted by atomic mass is 32.1. The minimum Gasteiger partial charge on any atom is -0.462 e. The Bertz CT molecular complexity index is 915. The zero-order valence-electron chi connectivity index (χ0n) is 15.2. The van der Waals surface area contributed by atoms with Gasteiger partial charge in [0.15, 0.2) is 6.61 Å². The summed E-state index contributed by atoms with van der Waals surface area (Å²) in [6, 6.07) is 2.78. The van der Waals surface area contributed by atoms with Crippen LogP contribution in [0.15, 0.2) is 23.1 Å². The lowest BCUT2D eigenvalue weighted by Gasteiger charge is -2.08. The van der Waals surface area contributed by atoms with E-state index in [1.165, 1.54) is 29.7 Å². The summed E-state index contributed by atoms with van der Waals surface area (Å²) in [5.41, 5.74) is 0.328. The van der Waals surface area contributed by atoms with E-state index in [1.54, 1.807) is 6.92 Å². The number of nitrogens with one attached hydrogen (secondary N) is 2. The molecule has 0 fully saturated rings. The number of ether oxygens (including phenoxy) is 2. The summed E-state index contributed by atoms with van der Waals surface area (Å²) in [4.78, 5) is 51.1. The second kappa shape index (κ2) is 9.13. The zero-order valence-corrected chi connectivity index (χ0v) is 16.0. The maximum absolute atomic E-state index is 12.2. The van der Waals surface area contributed by atoms with E-state index in [0.717, 1.165) is 10.4 Å². The Morgan fingerprint density at radius 3 is 2.56 bits per heavy atom. The summed E-state index contributed by atoms with van der Waals surface area (Å²) in [6.45, 7) is 5.08. The van der Waals surface area contributed by atoms with Crippen molar-refractivity contribution in [3.8, 4) is 0 Å². The van der Waals surface area contributed by atoms with Gasteiger partial charge >= 0.3 is 11.9 Å². The number of thiophene rings is 1. The van der Waals surface area contributed by atoms with Gasteiger partial charge in [-0.1, -0.05) is 6.92 Å². The number of H-pyrrole nitrogens is 1. The third-order valence-corrected chi connectivity index (χ3v) is 4.73. The van der Waals surface area contributed by atoms with Crippen molar-refractivity contribution in [3.63, 3.8) is 0 Å². The molecule has 0 aromatic carbocycles. The normalized spacial score (nSPS) is 10.3. The Kier molecular flexibility index (Phi) is 6.89. The van der Waals surface area contributed by atoms with Crippen molar-refractivity contribution in [1.29, 1.82) is 0 Å². The van der Waals surface area contributed by atoms with Crippen molar-refractivity contribution in [2.45, 2.75) is 27.2 Å². The molecular weight excluding hydrogens is 372 g/mol. The fourth-order valence-electron chi connectivity index (χ4n) is 2.47. The molecule has 0 aliphatic carbocycles. The Morgan fingerprint density at radius 2 is 1.93 bits per heavy atom. The molecule has 0 unspecified atom stereocenters. The smallest absolute Gasteiger partial charge is 0.344 e. The minimum atomic E-state index is -0.908. The summed E-state index contributed by atoms with van der Waals surface area (Å²) in [7, 11) is 0. The van der Waals surface area contributed by atoms with Crippen LogP contribution in [0, 0.1) is 6.92 Å². The molecule has 9 heteroatoms. The molecule has 0 saturated carbocycles. The summed E-state index contributed by atoms with van der Waals surface area (Å²) >= 11 is 1.25. The molecular formula is C18H20N2O6S. The first-order chi connectivity index (χ1) is 12.9. The van der Waals surface area contributed by atoms with Crippen LogP contribution in [0.1, 0.15) is 45.0 Å². The second-order valence-electron chi connectivity index (χ2n) is 5.45. The van der Waals surface area contributed by atoms with E-state index in [2.05, 4.69) is 10.3 Å². The Balaban J connectivity index is 2.09. The predicted molar refractivity (Wildman–Crippen MR) is 100 cm³/mol. The van der Waals surface area contributed by atoms with E-state index in [-0.39, 0.29) is 12.2 Å². The number of pyridine rings is 1. The van der Waals surface area contributed by atoms with Crippen molar-refractivity contribution >= 4 is 34.2 Å². The molecule has 8 nitrogen and oxygen atoms in total. The molecule has 0 bridgehead atoms. The van der Waals surface area contributed by atoms with Gasteiger partial charge in [0.1, 0.15) is 10.6 Å². The van der Waals surface area contributed by atoms with Gasteiger partial charge in [-0.25, -0.2) is 9.59 Å². The average molecular weight is 392 g/mol. The van der Waals surface area contributed by atoms with Gasteiger partial charge in [-0.15, -0.1) is 11.3 Å². The third-order valence-electron chi connectivity index (χ3n) is 3.67. The maximum atomic E-state index is 12.2. The Morgan fingerprint density at radius 1 is 1.19 bits per heavy atom. The number of hydrogen-bond donors (Lipinski definition) is 2. The van der Waals surface area contributed by atoms with Crippen molar-refractivity contribution < 1.29 is 23.9 Å². The molecule has 2 heterocycles. The number of aromatic nitrogens is 1. The molecule has 2 rings (SSSR count). The fourth-order valence-corrected chi connectivity index (χ4v) is 3.61. The Hall–Kier alpha value is -2.94. The van der Waals surface area contributed by atoms with E-state index >= 15 is 0 Å². The fraction of sp³-hybridized carbons (Fsp3) is 0.333. The number of anilines is 1. The molecule has 0 aliphatic rings. The van der Waals surface area contributed by atoms with Gasteiger partial charge in [0.05, 0.1) is 12.2 Å². The zero-order chi connectivity index (χ0) is 20.0. The van der Waals surface area contributed by atoms with Crippen molar-refractivity contribution in [2.75, 3.05) is 18.5 Å². The van der Waals surface area contributed by atoms with Gasteiger partial charge in [0.2, 0.25) is 0 Å². The number of esters is 2. The van der Waals surface area contributed by atoms with Gasteiger partial charge in [-0.05, 0) is 38.0 Å². The number of hydrogen-bond acceptors (Lipinski definition) is 7. The number of aryl methyl sites for hydroxylation is 1. The molecule has 0 saturated heterocycles. The highest BCUT2D eigenvalue weighted by molar-refractivity contribution is 7.16. The standard InChI is InChI=1S/C18H20N2O6S/c1-4-11-10(3)27-16(14(11)18(24)25-5-2)20-13(21)9-26-17(23)12-7-6-8-19-15(12)22/h6-8H,4-5,9H2,1-3H3,(H,19,22)(H,20,21). The van der Waals surface area contributed by atoms with Gasteiger partial charge < -0.3 is 19.8 Å². The third kappa shape index (κ3) is 4.82. The lowest BCUT2D eigenvalue weighted by atomic mass is 10.1. The van der Waals surface area contributed by atoms with Gasteiger partial charge in [0.25, 0.3) is 11.5 Å². The van der Waals surface area contributed by atoms with Crippen LogP contribution < -0.4 is 10.9 Å². The minimum absolute atomic E-state index is 0.197. The van der Waals surface area contributed by atoms with E-state index in [0.29, 0.717) is 17.0 Å². The van der Waals surface area contributed by atoms with Crippen LogP contribution >= 0.6 is 11.3 Å². The molecule has 0 aliphatic heterocycles. The van der Waals surface area contributed by atoms with Crippen LogP contribution in [0.5, 0.6) is 0 Å². The molecule has 144 valence electrons. The first-order valence-electron chi connectivity index (χ1n) is 8.33.